The Morgan fingerprint density at radius 1 is 1.24 bits per heavy atom. The molecule has 1 aromatic carbocycles. The third kappa shape index (κ3) is 4.59. The molecular formula is C14H23NO5S. The van der Waals surface area contributed by atoms with Gasteiger partial charge in [-0.1, -0.05) is 13.3 Å². The fourth-order valence-electron chi connectivity index (χ4n) is 1.97. The third-order valence-electron chi connectivity index (χ3n) is 3.10. The van der Waals surface area contributed by atoms with Gasteiger partial charge in [0.15, 0.2) is 11.5 Å². The molecule has 0 bridgehead atoms. The zero-order valence-corrected chi connectivity index (χ0v) is 13.7. The standard InChI is InChI=1S/C14H23NO5S/c1-5-6-11(16)9-15-21(17,18)14-8-13(20-4)12(19-3)7-10(14)2/h7-8,11,15-16H,5-6,9H2,1-4H3. The van der Waals surface area contributed by atoms with Gasteiger partial charge in [-0.05, 0) is 25.0 Å². The van der Waals surface area contributed by atoms with Crippen molar-refractivity contribution in [2.24, 2.45) is 0 Å². The van der Waals surface area contributed by atoms with Crippen molar-refractivity contribution >= 4 is 10.0 Å². The predicted octanol–water partition coefficient (Wildman–Crippen LogP) is 1.45. The number of aliphatic hydroxyl groups excluding tert-OH is 1. The van der Waals surface area contributed by atoms with Gasteiger partial charge in [0.2, 0.25) is 10.0 Å². The van der Waals surface area contributed by atoms with Crippen molar-refractivity contribution in [3.8, 4) is 11.5 Å². The van der Waals surface area contributed by atoms with E-state index < -0.39 is 16.1 Å². The van der Waals surface area contributed by atoms with E-state index >= 15 is 0 Å². The molecule has 0 spiro atoms. The second kappa shape index (κ2) is 7.63. The Kier molecular flexibility index (Phi) is 6.44. The summed E-state index contributed by atoms with van der Waals surface area (Å²) in [7, 11) is -0.770. The Balaban J connectivity index is 3.02. The van der Waals surface area contributed by atoms with Gasteiger partial charge in [-0.2, -0.15) is 0 Å². The molecule has 0 radical (unpaired) electrons. The molecule has 0 aliphatic carbocycles. The van der Waals surface area contributed by atoms with E-state index in [1.54, 1.807) is 13.0 Å². The van der Waals surface area contributed by atoms with E-state index in [0.717, 1.165) is 6.42 Å². The van der Waals surface area contributed by atoms with Crippen LogP contribution in [0.1, 0.15) is 25.3 Å². The zero-order valence-electron chi connectivity index (χ0n) is 12.8. The molecule has 0 fully saturated rings. The smallest absolute Gasteiger partial charge is 0.241 e. The van der Waals surface area contributed by atoms with Crippen LogP contribution in [0.4, 0.5) is 0 Å². The second-order valence-corrected chi connectivity index (χ2v) is 6.50. The Labute approximate surface area is 126 Å². The Morgan fingerprint density at radius 3 is 2.33 bits per heavy atom. The minimum atomic E-state index is -3.71. The molecule has 2 N–H and O–H groups in total. The number of aliphatic hydroxyl groups is 1. The number of hydrogen-bond acceptors (Lipinski definition) is 5. The van der Waals surface area contributed by atoms with Crippen LogP contribution in [0.15, 0.2) is 17.0 Å². The second-order valence-electron chi connectivity index (χ2n) is 4.77. The highest BCUT2D eigenvalue weighted by Gasteiger charge is 2.21. The molecule has 6 nitrogen and oxygen atoms in total. The maximum Gasteiger partial charge on any atom is 0.241 e. The number of benzene rings is 1. The summed E-state index contributed by atoms with van der Waals surface area (Å²) in [6.07, 6.45) is 0.649. The number of nitrogens with one attached hydrogen (secondary N) is 1. The number of hydrogen-bond donors (Lipinski definition) is 2. The molecule has 0 aromatic heterocycles. The van der Waals surface area contributed by atoms with Crippen LogP contribution in [-0.4, -0.2) is 40.4 Å². The van der Waals surface area contributed by atoms with Gasteiger partial charge in [0, 0.05) is 12.6 Å². The summed E-state index contributed by atoms with van der Waals surface area (Å²) in [5.74, 6) is 0.817. The maximum absolute atomic E-state index is 12.3. The molecule has 1 unspecified atom stereocenters. The van der Waals surface area contributed by atoms with Gasteiger partial charge >= 0.3 is 0 Å². The van der Waals surface area contributed by atoms with Crippen molar-refractivity contribution < 1.29 is 23.0 Å². The molecule has 0 aliphatic heterocycles. The quantitative estimate of drug-likeness (QED) is 0.758. The predicted molar refractivity (Wildman–Crippen MR) is 80.4 cm³/mol. The molecule has 1 aromatic rings. The van der Waals surface area contributed by atoms with E-state index in [0.29, 0.717) is 23.5 Å². The summed E-state index contributed by atoms with van der Waals surface area (Å²) in [5.41, 5.74) is 0.546. The van der Waals surface area contributed by atoms with Gasteiger partial charge in [-0.15, -0.1) is 0 Å². The van der Waals surface area contributed by atoms with Gasteiger partial charge in [-0.25, -0.2) is 13.1 Å². The average molecular weight is 317 g/mol. The topological polar surface area (TPSA) is 84.9 Å². The molecule has 0 aliphatic rings. The van der Waals surface area contributed by atoms with Crippen molar-refractivity contribution in [3.63, 3.8) is 0 Å². The lowest BCUT2D eigenvalue weighted by Crippen LogP contribution is -2.32. The van der Waals surface area contributed by atoms with Crippen LogP contribution < -0.4 is 14.2 Å². The van der Waals surface area contributed by atoms with Crippen molar-refractivity contribution in [2.45, 2.75) is 37.7 Å². The highest BCUT2D eigenvalue weighted by molar-refractivity contribution is 7.89. The van der Waals surface area contributed by atoms with Crippen molar-refractivity contribution in [1.82, 2.24) is 4.72 Å². The number of ether oxygens (including phenoxy) is 2. The average Bonchev–Trinajstić information content (AvgIpc) is 2.45. The molecular weight excluding hydrogens is 294 g/mol. The molecule has 0 heterocycles. The monoisotopic (exact) mass is 317 g/mol. The zero-order chi connectivity index (χ0) is 16.0. The lowest BCUT2D eigenvalue weighted by molar-refractivity contribution is 0.167. The van der Waals surface area contributed by atoms with Gasteiger partial charge < -0.3 is 14.6 Å². The van der Waals surface area contributed by atoms with Crippen molar-refractivity contribution in [2.75, 3.05) is 20.8 Å². The number of methoxy groups -OCH3 is 2. The molecule has 21 heavy (non-hydrogen) atoms. The van der Waals surface area contributed by atoms with Gasteiger partial charge in [0.05, 0.1) is 25.2 Å². The Hall–Kier alpha value is -1.31. The highest BCUT2D eigenvalue weighted by atomic mass is 32.2. The first-order valence-electron chi connectivity index (χ1n) is 6.76. The van der Waals surface area contributed by atoms with E-state index in [-0.39, 0.29) is 11.4 Å². The minimum Gasteiger partial charge on any atom is -0.493 e. The van der Waals surface area contributed by atoms with Crippen LogP contribution in [-0.2, 0) is 10.0 Å². The summed E-state index contributed by atoms with van der Waals surface area (Å²) in [4.78, 5) is 0.115. The number of aryl methyl sites for hydroxylation is 1. The molecule has 7 heteroatoms. The van der Waals surface area contributed by atoms with E-state index in [2.05, 4.69) is 4.72 Å². The van der Waals surface area contributed by atoms with E-state index in [1.807, 2.05) is 6.92 Å². The summed E-state index contributed by atoms with van der Waals surface area (Å²) in [6, 6.07) is 3.03. The Morgan fingerprint density at radius 2 is 1.81 bits per heavy atom. The molecule has 120 valence electrons. The summed E-state index contributed by atoms with van der Waals surface area (Å²) in [6.45, 7) is 3.60. The summed E-state index contributed by atoms with van der Waals surface area (Å²) in [5, 5.41) is 9.64. The SMILES string of the molecule is CCCC(O)CNS(=O)(=O)c1cc(OC)c(OC)cc1C. The van der Waals surface area contributed by atoms with E-state index in [9.17, 15) is 13.5 Å². The molecule has 0 saturated heterocycles. The normalized spacial score (nSPS) is 13.0. The van der Waals surface area contributed by atoms with Crippen LogP contribution in [0.25, 0.3) is 0 Å². The van der Waals surface area contributed by atoms with Crippen LogP contribution in [0.5, 0.6) is 11.5 Å². The van der Waals surface area contributed by atoms with E-state index in [1.165, 1.54) is 20.3 Å². The van der Waals surface area contributed by atoms with Crippen molar-refractivity contribution in [1.29, 1.82) is 0 Å². The first-order valence-corrected chi connectivity index (χ1v) is 8.24. The minimum absolute atomic E-state index is 0.00996. The lowest BCUT2D eigenvalue weighted by atomic mass is 10.2. The number of sulfonamides is 1. The van der Waals surface area contributed by atoms with Gasteiger partial charge in [0.1, 0.15) is 0 Å². The molecule has 0 amide bonds. The largest absolute Gasteiger partial charge is 0.493 e. The van der Waals surface area contributed by atoms with Gasteiger partial charge in [-0.3, -0.25) is 0 Å². The van der Waals surface area contributed by atoms with Crippen LogP contribution in [0.2, 0.25) is 0 Å². The first kappa shape index (κ1) is 17.7. The Bertz CT molecular complexity index is 571. The van der Waals surface area contributed by atoms with Gasteiger partial charge in [0.25, 0.3) is 0 Å². The maximum atomic E-state index is 12.3. The summed E-state index contributed by atoms with van der Waals surface area (Å²) >= 11 is 0. The number of rotatable bonds is 8. The first-order chi connectivity index (χ1) is 9.85. The molecule has 1 atom stereocenters. The highest BCUT2D eigenvalue weighted by Crippen LogP contribution is 2.32. The third-order valence-corrected chi connectivity index (χ3v) is 4.67. The fourth-order valence-corrected chi connectivity index (χ4v) is 3.28. The van der Waals surface area contributed by atoms with Crippen LogP contribution in [0, 0.1) is 6.92 Å². The fraction of sp³-hybridized carbons (Fsp3) is 0.571. The van der Waals surface area contributed by atoms with Crippen LogP contribution in [0.3, 0.4) is 0 Å². The lowest BCUT2D eigenvalue weighted by Gasteiger charge is -2.15. The molecule has 1 rings (SSSR count). The molecule has 0 saturated carbocycles. The van der Waals surface area contributed by atoms with E-state index in [4.69, 9.17) is 9.47 Å². The van der Waals surface area contributed by atoms with Crippen LogP contribution >= 0.6 is 0 Å². The van der Waals surface area contributed by atoms with Crippen molar-refractivity contribution in [3.05, 3.63) is 17.7 Å². The summed E-state index contributed by atoms with van der Waals surface area (Å²) < 4.78 is 37.3.